The molecule has 1 aliphatic heterocycles. The first kappa shape index (κ1) is 20.1. The molecule has 28 heavy (non-hydrogen) atoms. The van der Waals surface area contributed by atoms with E-state index in [1.165, 1.54) is 19.6 Å². The van der Waals surface area contributed by atoms with E-state index < -0.39 is 9.84 Å². The van der Waals surface area contributed by atoms with Crippen LogP contribution in [-0.2, 0) is 16.4 Å². The molecule has 2 aromatic carbocycles. The zero-order chi connectivity index (χ0) is 20.1. The van der Waals surface area contributed by atoms with Crippen molar-refractivity contribution < 1.29 is 22.7 Å². The van der Waals surface area contributed by atoms with Gasteiger partial charge in [-0.05, 0) is 23.8 Å². The summed E-state index contributed by atoms with van der Waals surface area (Å²) >= 11 is 0. The van der Waals surface area contributed by atoms with Gasteiger partial charge in [-0.25, -0.2) is 8.42 Å². The minimum atomic E-state index is -3.22. The van der Waals surface area contributed by atoms with E-state index >= 15 is 0 Å². The first-order valence-electron chi connectivity index (χ1n) is 8.86. The molecule has 1 heterocycles. The maximum Gasteiger partial charge on any atom is 0.176 e. The second-order valence-corrected chi connectivity index (χ2v) is 8.54. The molecule has 1 aliphatic rings. The summed E-state index contributed by atoms with van der Waals surface area (Å²) in [7, 11) is -0.172. The molecule has 0 fully saturated rings. The fourth-order valence-electron chi connectivity index (χ4n) is 3.18. The van der Waals surface area contributed by atoms with E-state index in [-0.39, 0.29) is 24.1 Å². The Morgan fingerprint density at radius 3 is 2.39 bits per heavy atom. The lowest BCUT2D eigenvalue weighted by Gasteiger charge is -2.26. The van der Waals surface area contributed by atoms with E-state index in [2.05, 4.69) is 0 Å². The van der Waals surface area contributed by atoms with Crippen LogP contribution in [0.15, 0.2) is 60.0 Å². The maximum atomic E-state index is 12.9. The van der Waals surface area contributed by atoms with Crippen molar-refractivity contribution >= 4 is 15.6 Å². The van der Waals surface area contributed by atoms with Crippen molar-refractivity contribution in [1.82, 2.24) is 4.90 Å². The molecule has 2 aromatic rings. The molecular weight excluding hydrogens is 378 g/mol. The van der Waals surface area contributed by atoms with E-state index in [1.54, 1.807) is 24.3 Å². The van der Waals surface area contributed by atoms with Crippen LogP contribution in [0.1, 0.15) is 15.9 Å². The Morgan fingerprint density at radius 2 is 1.79 bits per heavy atom. The Kier molecular flexibility index (Phi) is 6.16. The molecule has 0 spiro atoms. The number of hydrogen-bond donors (Lipinski definition) is 0. The van der Waals surface area contributed by atoms with Gasteiger partial charge in [0.2, 0.25) is 0 Å². The van der Waals surface area contributed by atoms with Crippen molar-refractivity contribution in [3.63, 3.8) is 0 Å². The third-order valence-corrected chi connectivity index (χ3v) is 6.04. The second kappa shape index (κ2) is 8.58. The van der Waals surface area contributed by atoms with Crippen molar-refractivity contribution in [2.45, 2.75) is 12.6 Å². The lowest BCUT2D eigenvalue weighted by Crippen LogP contribution is -2.39. The van der Waals surface area contributed by atoms with Gasteiger partial charge in [-0.2, -0.15) is 0 Å². The maximum absolute atomic E-state index is 12.9. The van der Waals surface area contributed by atoms with Gasteiger partial charge in [-0.15, -0.1) is 0 Å². The van der Waals surface area contributed by atoms with Gasteiger partial charge in [-0.1, -0.05) is 36.4 Å². The van der Waals surface area contributed by atoms with Crippen molar-refractivity contribution in [1.29, 1.82) is 0 Å². The normalized spacial score (nSPS) is 17.6. The van der Waals surface area contributed by atoms with E-state index in [0.29, 0.717) is 23.6 Å². The first-order valence-corrected chi connectivity index (χ1v) is 10.6. The van der Waals surface area contributed by atoms with Gasteiger partial charge in [0.05, 0.1) is 26.5 Å². The molecule has 0 bridgehead atoms. The monoisotopic (exact) mass is 401 g/mol. The fraction of sp³-hybridized carbons (Fsp3) is 0.286. The molecule has 148 valence electrons. The van der Waals surface area contributed by atoms with Crippen LogP contribution in [0, 0.1) is 0 Å². The van der Waals surface area contributed by atoms with Crippen LogP contribution in [0.4, 0.5) is 0 Å². The highest BCUT2D eigenvalue weighted by Gasteiger charge is 2.29. The van der Waals surface area contributed by atoms with Crippen molar-refractivity contribution in [3.8, 4) is 11.5 Å². The SMILES string of the molecule is COc1ccc(C(=O)CN(Cc2ccccc2)[C@H]2C=CS(=O)(=O)C2)cc1OC. The van der Waals surface area contributed by atoms with Crippen molar-refractivity contribution in [3.05, 3.63) is 71.1 Å². The molecule has 0 saturated heterocycles. The minimum absolute atomic E-state index is 0.0148. The molecule has 6 nitrogen and oxygen atoms in total. The van der Waals surface area contributed by atoms with Gasteiger partial charge in [0, 0.05) is 23.6 Å². The Labute approximate surface area is 165 Å². The number of methoxy groups -OCH3 is 2. The van der Waals surface area contributed by atoms with Crippen LogP contribution < -0.4 is 9.47 Å². The molecule has 1 atom stereocenters. The van der Waals surface area contributed by atoms with E-state index in [9.17, 15) is 13.2 Å². The second-order valence-electron chi connectivity index (χ2n) is 6.61. The standard InChI is InChI=1S/C21H23NO5S/c1-26-20-9-8-17(12-21(20)27-2)19(23)14-22(13-16-6-4-3-5-7-16)18-10-11-28(24,25)15-18/h3-12,18H,13-15H2,1-2H3/t18-/m0/s1. The molecule has 0 aromatic heterocycles. The highest BCUT2D eigenvalue weighted by atomic mass is 32.2. The number of sulfone groups is 1. The van der Waals surface area contributed by atoms with Gasteiger partial charge in [-0.3, -0.25) is 9.69 Å². The summed E-state index contributed by atoms with van der Waals surface area (Å²) in [5.74, 6) is 0.893. The third-order valence-electron chi connectivity index (χ3n) is 4.66. The molecule has 0 amide bonds. The average molecular weight is 401 g/mol. The lowest BCUT2D eigenvalue weighted by atomic mass is 10.1. The quantitative estimate of drug-likeness (QED) is 0.634. The molecule has 7 heteroatoms. The van der Waals surface area contributed by atoms with Crippen LogP contribution in [0.5, 0.6) is 11.5 Å². The number of hydrogen-bond acceptors (Lipinski definition) is 6. The van der Waals surface area contributed by atoms with Gasteiger partial charge in [0.1, 0.15) is 0 Å². The summed E-state index contributed by atoms with van der Waals surface area (Å²) in [6, 6.07) is 14.4. The van der Waals surface area contributed by atoms with Crippen LogP contribution in [0.3, 0.4) is 0 Å². The van der Waals surface area contributed by atoms with Gasteiger partial charge >= 0.3 is 0 Å². The molecule has 0 N–H and O–H groups in total. The summed E-state index contributed by atoms with van der Waals surface area (Å²) in [4.78, 5) is 14.8. The first-order chi connectivity index (χ1) is 13.4. The van der Waals surface area contributed by atoms with E-state index in [4.69, 9.17) is 9.47 Å². The number of ether oxygens (including phenoxy) is 2. The van der Waals surface area contributed by atoms with Crippen molar-refractivity contribution in [2.24, 2.45) is 0 Å². The molecule has 0 aliphatic carbocycles. The van der Waals surface area contributed by atoms with Gasteiger partial charge in [0.25, 0.3) is 0 Å². The van der Waals surface area contributed by atoms with E-state index in [0.717, 1.165) is 5.56 Å². The number of Topliss-reactive ketones (excluding diaryl/α,β-unsaturated/α-hetero) is 1. The lowest BCUT2D eigenvalue weighted by molar-refractivity contribution is 0.0910. The number of carbonyl (C=O) groups is 1. The Hall–Kier alpha value is -2.64. The van der Waals surface area contributed by atoms with Crippen LogP contribution >= 0.6 is 0 Å². The highest BCUT2D eigenvalue weighted by Crippen LogP contribution is 2.28. The summed E-state index contributed by atoms with van der Waals surface area (Å²) in [5.41, 5.74) is 1.50. The summed E-state index contributed by atoms with van der Waals surface area (Å²) in [6.45, 7) is 0.569. The Balaban J connectivity index is 1.82. The van der Waals surface area contributed by atoms with Crippen LogP contribution in [0.2, 0.25) is 0 Å². The fourth-order valence-corrected chi connectivity index (χ4v) is 4.51. The number of carbonyl (C=O) groups excluding carboxylic acids is 1. The number of nitrogens with zero attached hydrogens (tertiary/aromatic N) is 1. The molecule has 0 saturated carbocycles. The smallest absolute Gasteiger partial charge is 0.176 e. The predicted molar refractivity (Wildman–Crippen MR) is 107 cm³/mol. The Morgan fingerprint density at radius 1 is 1.07 bits per heavy atom. The number of benzene rings is 2. The summed E-state index contributed by atoms with van der Waals surface area (Å²) in [5, 5.41) is 1.23. The molecule has 0 radical (unpaired) electrons. The van der Waals surface area contributed by atoms with Crippen LogP contribution in [-0.4, -0.2) is 51.7 Å². The largest absolute Gasteiger partial charge is 0.493 e. The minimum Gasteiger partial charge on any atom is -0.493 e. The molecule has 0 unspecified atom stereocenters. The number of ketones is 1. The molecule has 3 rings (SSSR count). The zero-order valence-electron chi connectivity index (χ0n) is 15.9. The van der Waals surface area contributed by atoms with Crippen molar-refractivity contribution in [2.75, 3.05) is 26.5 Å². The zero-order valence-corrected chi connectivity index (χ0v) is 16.7. The van der Waals surface area contributed by atoms with Gasteiger partial charge < -0.3 is 9.47 Å². The summed E-state index contributed by atoms with van der Waals surface area (Å²) in [6.07, 6.45) is 1.65. The third kappa shape index (κ3) is 4.79. The summed E-state index contributed by atoms with van der Waals surface area (Å²) < 4.78 is 34.2. The predicted octanol–water partition coefficient (Wildman–Crippen LogP) is 2.70. The highest BCUT2D eigenvalue weighted by molar-refractivity contribution is 7.94. The van der Waals surface area contributed by atoms with Gasteiger partial charge in [0.15, 0.2) is 27.1 Å². The Bertz CT molecular complexity index is 970. The molecular formula is C21H23NO5S. The topological polar surface area (TPSA) is 72.9 Å². The van der Waals surface area contributed by atoms with E-state index in [1.807, 2.05) is 35.2 Å². The van der Waals surface area contributed by atoms with Crippen LogP contribution in [0.25, 0.3) is 0 Å². The average Bonchev–Trinajstić information content (AvgIpc) is 3.07. The number of rotatable bonds is 8.